The minimum atomic E-state index is -1.41. The Balaban J connectivity index is 2.32. The highest BCUT2D eigenvalue weighted by molar-refractivity contribution is 5.49. The molecule has 0 aliphatic carbocycles. The first-order chi connectivity index (χ1) is 8.13. The first-order valence-electron chi connectivity index (χ1n) is 5.75. The van der Waals surface area contributed by atoms with E-state index in [4.69, 9.17) is 0 Å². The molecule has 1 aromatic rings. The van der Waals surface area contributed by atoms with Crippen molar-refractivity contribution in [1.82, 2.24) is 5.32 Å². The summed E-state index contributed by atoms with van der Waals surface area (Å²) in [6.45, 7) is 4.22. The molecule has 1 heterocycles. The lowest BCUT2D eigenvalue weighted by molar-refractivity contribution is 0.439. The molecule has 1 fully saturated rings. The van der Waals surface area contributed by atoms with E-state index in [0.717, 1.165) is 31.6 Å². The van der Waals surface area contributed by atoms with Gasteiger partial charge in [-0.25, -0.2) is 13.2 Å². The van der Waals surface area contributed by atoms with Crippen LogP contribution in [0.3, 0.4) is 0 Å². The Kier molecular flexibility index (Phi) is 3.57. The van der Waals surface area contributed by atoms with E-state index in [0.29, 0.717) is 12.2 Å². The van der Waals surface area contributed by atoms with Gasteiger partial charge in [0.05, 0.1) is 0 Å². The van der Waals surface area contributed by atoms with Gasteiger partial charge in [0, 0.05) is 43.5 Å². The van der Waals surface area contributed by atoms with Crippen LogP contribution in [0.4, 0.5) is 18.9 Å². The predicted octanol–water partition coefficient (Wildman–Crippen LogP) is 2.29. The summed E-state index contributed by atoms with van der Waals surface area (Å²) in [5.74, 6) is -3.67. The molecule has 0 radical (unpaired) electrons. The largest absolute Gasteiger partial charge is 0.366 e. The lowest BCUT2D eigenvalue weighted by atomic mass is 10.1. The van der Waals surface area contributed by atoms with Crippen LogP contribution < -0.4 is 10.2 Å². The summed E-state index contributed by atoms with van der Waals surface area (Å²) < 4.78 is 39.2. The first-order valence-corrected chi connectivity index (χ1v) is 5.75. The Morgan fingerprint density at radius 1 is 1.29 bits per heavy atom. The van der Waals surface area contributed by atoms with E-state index in [2.05, 4.69) is 5.32 Å². The zero-order valence-electron chi connectivity index (χ0n) is 9.64. The summed E-state index contributed by atoms with van der Waals surface area (Å²) in [7, 11) is 0. The molecule has 17 heavy (non-hydrogen) atoms. The Morgan fingerprint density at radius 3 is 2.53 bits per heavy atom. The second kappa shape index (κ2) is 4.96. The van der Waals surface area contributed by atoms with Crippen molar-refractivity contribution in [3.8, 4) is 0 Å². The molecule has 94 valence electrons. The van der Waals surface area contributed by atoms with Crippen molar-refractivity contribution in [2.24, 2.45) is 0 Å². The molecule has 1 aliphatic heterocycles. The number of hydrogen-bond donors (Lipinski definition) is 1. The van der Waals surface area contributed by atoms with Crippen molar-refractivity contribution >= 4 is 5.69 Å². The van der Waals surface area contributed by atoms with Crippen molar-refractivity contribution < 1.29 is 13.2 Å². The maximum Gasteiger partial charge on any atom is 0.194 e. The molecule has 0 amide bonds. The number of benzene rings is 1. The average molecular weight is 244 g/mol. The number of piperazine rings is 1. The van der Waals surface area contributed by atoms with Gasteiger partial charge in [-0.3, -0.25) is 0 Å². The van der Waals surface area contributed by atoms with Crippen molar-refractivity contribution in [2.75, 3.05) is 24.5 Å². The molecular weight excluding hydrogens is 229 g/mol. The van der Waals surface area contributed by atoms with E-state index in [9.17, 15) is 13.2 Å². The van der Waals surface area contributed by atoms with E-state index < -0.39 is 17.5 Å². The van der Waals surface area contributed by atoms with Crippen LogP contribution in [0.25, 0.3) is 0 Å². The number of halogens is 3. The minimum Gasteiger partial charge on any atom is -0.366 e. The monoisotopic (exact) mass is 244 g/mol. The fourth-order valence-corrected chi connectivity index (χ4v) is 2.17. The highest BCUT2D eigenvalue weighted by Crippen LogP contribution is 2.24. The van der Waals surface area contributed by atoms with Crippen molar-refractivity contribution in [1.29, 1.82) is 0 Å². The van der Waals surface area contributed by atoms with E-state index in [1.54, 1.807) is 0 Å². The van der Waals surface area contributed by atoms with Crippen molar-refractivity contribution in [3.63, 3.8) is 0 Å². The summed E-state index contributed by atoms with van der Waals surface area (Å²) >= 11 is 0. The molecule has 0 bridgehead atoms. The molecule has 1 N–H and O–H groups in total. The topological polar surface area (TPSA) is 15.3 Å². The zero-order valence-corrected chi connectivity index (χ0v) is 9.64. The third-order valence-electron chi connectivity index (χ3n) is 3.12. The van der Waals surface area contributed by atoms with Gasteiger partial charge in [-0.2, -0.15) is 0 Å². The van der Waals surface area contributed by atoms with Crippen LogP contribution in [0.2, 0.25) is 0 Å². The third-order valence-corrected chi connectivity index (χ3v) is 3.12. The molecule has 1 atom stereocenters. The summed E-state index contributed by atoms with van der Waals surface area (Å²) in [6, 6.07) is 2.31. The van der Waals surface area contributed by atoms with E-state index >= 15 is 0 Å². The Morgan fingerprint density at radius 2 is 1.94 bits per heavy atom. The molecule has 0 unspecified atom stereocenters. The van der Waals surface area contributed by atoms with Crippen LogP contribution in [0.5, 0.6) is 0 Å². The second-order valence-corrected chi connectivity index (χ2v) is 4.18. The molecule has 0 aromatic heterocycles. The normalized spacial score (nSPS) is 20.7. The minimum absolute atomic E-state index is 0.188. The van der Waals surface area contributed by atoms with Crippen LogP contribution in [-0.4, -0.2) is 25.7 Å². The van der Waals surface area contributed by atoms with Crippen molar-refractivity contribution in [2.45, 2.75) is 19.4 Å². The van der Waals surface area contributed by atoms with Gasteiger partial charge < -0.3 is 10.2 Å². The van der Waals surface area contributed by atoms with Gasteiger partial charge in [-0.1, -0.05) is 6.92 Å². The average Bonchev–Trinajstić information content (AvgIpc) is 2.35. The molecule has 0 spiro atoms. The predicted molar refractivity (Wildman–Crippen MR) is 60.6 cm³/mol. The van der Waals surface area contributed by atoms with Gasteiger partial charge in [0.15, 0.2) is 17.5 Å². The number of hydrogen-bond acceptors (Lipinski definition) is 2. The van der Waals surface area contributed by atoms with Crippen LogP contribution >= 0.6 is 0 Å². The fourth-order valence-electron chi connectivity index (χ4n) is 2.17. The number of rotatable bonds is 2. The third kappa shape index (κ3) is 2.39. The maximum atomic E-state index is 13.2. The fraction of sp³-hybridized carbons (Fsp3) is 0.500. The highest BCUT2D eigenvalue weighted by atomic mass is 19.2. The van der Waals surface area contributed by atoms with Crippen LogP contribution in [0, 0.1) is 17.5 Å². The Bertz CT molecular complexity index is 386. The van der Waals surface area contributed by atoms with Gasteiger partial charge in [0.25, 0.3) is 0 Å². The molecule has 1 aromatic carbocycles. The summed E-state index contributed by atoms with van der Waals surface area (Å²) in [4.78, 5) is 1.92. The lowest BCUT2D eigenvalue weighted by Crippen LogP contribution is -2.51. The molecule has 1 aliphatic rings. The second-order valence-electron chi connectivity index (χ2n) is 4.18. The van der Waals surface area contributed by atoms with Gasteiger partial charge >= 0.3 is 0 Å². The summed E-state index contributed by atoms with van der Waals surface area (Å²) in [5, 5.41) is 3.22. The zero-order chi connectivity index (χ0) is 12.4. The van der Waals surface area contributed by atoms with E-state index in [-0.39, 0.29) is 6.04 Å². The molecule has 2 nitrogen and oxygen atoms in total. The molecule has 2 rings (SSSR count). The first kappa shape index (κ1) is 12.2. The number of nitrogens with one attached hydrogen (secondary N) is 1. The maximum absolute atomic E-state index is 13.2. The summed E-state index contributed by atoms with van der Waals surface area (Å²) in [5.41, 5.74) is 0.412. The quantitative estimate of drug-likeness (QED) is 0.803. The van der Waals surface area contributed by atoms with Crippen LogP contribution in [0.1, 0.15) is 13.3 Å². The lowest BCUT2D eigenvalue weighted by Gasteiger charge is -2.37. The molecule has 1 saturated heterocycles. The highest BCUT2D eigenvalue weighted by Gasteiger charge is 2.23. The van der Waals surface area contributed by atoms with Crippen LogP contribution in [-0.2, 0) is 0 Å². The van der Waals surface area contributed by atoms with Gasteiger partial charge in [-0.05, 0) is 6.42 Å². The van der Waals surface area contributed by atoms with E-state index in [1.807, 2.05) is 11.8 Å². The van der Waals surface area contributed by atoms with Crippen molar-refractivity contribution in [3.05, 3.63) is 29.6 Å². The van der Waals surface area contributed by atoms with Gasteiger partial charge in [-0.15, -0.1) is 0 Å². The molecule has 5 heteroatoms. The van der Waals surface area contributed by atoms with E-state index in [1.165, 1.54) is 0 Å². The van der Waals surface area contributed by atoms with Crippen LogP contribution in [0.15, 0.2) is 12.1 Å². The van der Waals surface area contributed by atoms with Gasteiger partial charge in [0.1, 0.15) is 0 Å². The Labute approximate surface area is 98.4 Å². The SMILES string of the molecule is CC[C@@H]1CNCCN1c1cc(F)c(F)c(F)c1. The number of nitrogens with zero attached hydrogens (tertiary/aromatic N) is 1. The molecule has 0 saturated carbocycles. The van der Waals surface area contributed by atoms with Gasteiger partial charge in [0.2, 0.25) is 0 Å². The summed E-state index contributed by atoms with van der Waals surface area (Å²) in [6.07, 6.45) is 0.869. The Hall–Kier alpha value is -1.23. The number of anilines is 1. The smallest absolute Gasteiger partial charge is 0.194 e. The molecular formula is C12H15F3N2. The standard InChI is InChI=1S/C12H15F3N2/c1-2-8-7-16-3-4-17(8)9-5-10(13)12(15)11(14)6-9/h5-6,8,16H,2-4,7H2,1H3/t8-/m1/s1.